The van der Waals surface area contributed by atoms with E-state index in [0.29, 0.717) is 43.4 Å². The molecule has 1 saturated heterocycles. The zero-order valence-corrected chi connectivity index (χ0v) is 22.5. The Morgan fingerprint density at radius 1 is 0.974 bits per heavy atom. The number of para-hydroxylation sites is 2. The van der Waals surface area contributed by atoms with Gasteiger partial charge in [0.25, 0.3) is 5.91 Å². The number of ether oxygens (including phenoxy) is 4. The Morgan fingerprint density at radius 2 is 1.79 bits per heavy atom. The lowest BCUT2D eigenvalue weighted by molar-refractivity contribution is -0.143. The van der Waals surface area contributed by atoms with Gasteiger partial charge in [-0.05, 0) is 57.0 Å². The summed E-state index contributed by atoms with van der Waals surface area (Å²) in [6.07, 6.45) is 2.81. The molecule has 0 N–H and O–H groups in total. The molecule has 2 aliphatic rings. The Balaban J connectivity index is 1.19. The first-order chi connectivity index (χ1) is 18.6. The van der Waals surface area contributed by atoms with Crippen molar-refractivity contribution in [3.8, 4) is 17.2 Å². The van der Waals surface area contributed by atoms with Crippen LogP contribution < -0.4 is 24.0 Å². The predicted molar refractivity (Wildman–Crippen MR) is 147 cm³/mol. The second kappa shape index (κ2) is 13.9. The van der Waals surface area contributed by atoms with E-state index in [2.05, 4.69) is 21.9 Å². The van der Waals surface area contributed by atoms with Crippen molar-refractivity contribution in [1.29, 1.82) is 0 Å². The summed E-state index contributed by atoms with van der Waals surface area (Å²) >= 11 is 0. The number of methoxy groups -OCH3 is 1. The van der Waals surface area contributed by atoms with E-state index < -0.39 is 0 Å². The lowest BCUT2D eigenvalue weighted by Gasteiger charge is -2.36. The van der Waals surface area contributed by atoms with Crippen LogP contribution in [0.3, 0.4) is 0 Å². The minimum absolute atomic E-state index is 0.000235. The summed E-state index contributed by atoms with van der Waals surface area (Å²) in [4.78, 5) is 30.7. The first-order valence-corrected chi connectivity index (χ1v) is 13.5. The Labute approximate surface area is 225 Å². The van der Waals surface area contributed by atoms with Crippen LogP contribution in [0.1, 0.15) is 32.6 Å². The molecule has 0 radical (unpaired) electrons. The number of hydrogen-bond donors (Lipinski definition) is 0. The van der Waals surface area contributed by atoms with E-state index in [9.17, 15) is 9.59 Å². The third-order valence-corrected chi connectivity index (χ3v) is 6.88. The number of amides is 1. The zero-order chi connectivity index (χ0) is 26.7. The predicted octanol–water partition coefficient (Wildman–Crippen LogP) is 3.75. The molecule has 0 unspecified atom stereocenters. The van der Waals surface area contributed by atoms with Crippen molar-refractivity contribution in [3.63, 3.8) is 0 Å². The number of carbonyl (C=O) groups excluding carboxylic acids is 2. The van der Waals surface area contributed by atoms with Crippen molar-refractivity contribution < 1.29 is 28.5 Å². The number of carbonyl (C=O) groups is 2. The molecule has 0 spiro atoms. The number of benzene rings is 2. The topological polar surface area (TPSA) is 80.8 Å². The Hall–Kier alpha value is -3.46. The molecule has 2 aromatic rings. The van der Waals surface area contributed by atoms with Gasteiger partial charge in [0, 0.05) is 45.2 Å². The largest absolute Gasteiger partial charge is 0.495 e. The second-order valence-electron chi connectivity index (χ2n) is 9.43. The van der Waals surface area contributed by atoms with Gasteiger partial charge in [-0.2, -0.15) is 0 Å². The molecule has 2 heterocycles. The summed E-state index contributed by atoms with van der Waals surface area (Å²) in [6, 6.07) is 13.8. The van der Waals surface area contributed by atoms with Crippen molar-refractivity contribution in [1.82, 2.24) is 4.90 Å². The molecule has 2 aromatic carbocycles. The number of nitrogens with zero attached hydrogens (tertiary/aromatic N) is 3. The zero-order valence-electron chi connectivity index (χ0n) is 22.5. The molecule has 0 aromatic heterocycles. The van der Waals surface area contributed by atoms with Gasteiger partial charge in [0.2, 0.25) is 0 Å². The van der Waals surface area contributed by atoms with Crippen LogP contribution in [-0.2, 0) is 14.3 Å². The number of hydrogen-bond acceptors (Lipinski definition) is 8. The van der Waals surface area contributed by atoms with E-state index in [1.165, 1.54) is 0 Å². The van der Waals surface area contributed by atoms with Crippen LogP contribution in [0.4, 0.5) is 11.4 Å². The molecular weight excluding hydrogens is 486 g/mol. The minimum Gasteiger partial charge on any atom is -0.495 e. The highest BCUT2D eigenvalue weighted by molar-refractivity contribution is 5.98. The smallest absolute Gasteiger partial charge is 0.305 e. The lowest BCUT2D eigenvalue weighted by atomic mass is 10.2. The number of rotatable bonds is 13. The summed E-state index contributed by atoms with van der Waals surface area (Å²) in [7, 11) is 1.72. The van der Waals surface area contributed by atoms with Crippen LogP contribution in [0.5, 0.6) is 17.2 Å². The molecular formula is C29H39N3O6. The van der Waals surface area contributed by atoms with E-state index in [4.69, 9.17) is 18.9 Å². The fourth-order valence-corrected chi connectivity index (χ4v) is 4.86. The first kappa shape index (κ1) is 27.6. The summed E-state index contributed by atoms with van der Waals surface area (Å²) in [5, 5.41) is 0. The average Bonchev–Trinajstić information content (AvgIpc) is 2.94. The van der Waals surface area contributed by atoms with Gasteiger partial charge in [-0.1, -0.05) is 12.1 Å². The Morgan fingerprint density at radius 3 is 2.58 bits per heavy atom. The van der Waals surface area contributed by atoms with Crippen molar-refractivity contribution in [2.24, 2.45) is 0 Å². The van der Waals surface area contributed by atoms with Crippen molar-refractivity contribution in [3.05, 3.63) is 42.5 Å². The molecule has 206 valence electrons. The van der Waals surface area contributed by atoms with Gasteiger partial charge >= 0.3 is 5.97 Å². The van der Waals surface area contributed by atoms with Gasteiger partial charge in [-0.25, -0.2) is 0 Å². The number of unbranched alkanes of at least 4 members (excludes halogenated alkanes) is 1. The molecule has 9 heteroatoms. The summed E-state index contributed by atoms with van der Waals surface area (Å²) in [6.45, 7) is 8.27. The van der Waals surface area contributed by atoms with Gasteiger partial charge in [-0.3, -0.25) is 14.5 Å². The third kappa shape index (κ3) is 7.31. The normalized spacial score (nSPS) is 15.6. The van der Waals surface area contributed by atoms with Crippen LogP contribution in [0.2, 0.25) is 0 Å². The quantitative estimate of drug-likeness (QED) is 0.289. The van der Waals surface area contributed by atoms with Gasteiger partial charge in [0.1, 0.15) is 17.2 Å². The van der Waals surface area contributed by atoms with Gasteiger partial charge < -0.3 is 28.7 Å². The van der Waals surface area contributed by atoms with Crippen LogP contribution in [0.25, 0.3) is 0 Å². The molecule has 0 bridgehead atoms. The maximum absolute atomic E-state index is 12.5. The molecule has 2 aliphatic heterocycles. The van der Waals surface area contributed by atoms with Gasteiger partial charge in [0.05, 0.1) is 31.7 Å². The molecule has 1 amide bonds. The van der Waals surface area contributed by atoms with Crippen LogP contribution in [-0.4, -0.2) is 83.0 Å². The molecule has 38 heavy (non-hydrogen) atoms. The lowest BCUT2D eigenvalue weighted by Crippen LogP contribution is -2.46. The maximum atomic E-state index is 12.5. The second-order valence-corrected chi connectivity index (χ2v) is 9.43. The molecule has 9 nitrogen and oxygen atoms in total. The third-order valence-electron chi connectivity index (χ3n) is 6.88. The summed E-state index contributed by atoms with van der Waals surface area (Å²) in [5.74, 6) is 1.92. The van der Waals surface area contributed by atoms with Crippen molar-refractivity contribution in [2.45, 2.75) is 32.6 Å². The monoisotopic (exact) mass is 525 g/mol. The highest BCUT2D eigenvalue weighted by Crippen LogP contribution is 2.35. The number of fused-ring (bicyclic) bond motifs is 1. The Kier molecular flexibility index (Phi) is 10.1. The van der Waals surface area contributed by atoms with E-state index in [-0.39, 0.29) is 24.9 Å². The summed E-state index contributed by atoms with van der Waals surface area (Å²) in [5.41, 5.74) is 1.85. The minimum atomic E-state index is -0.246. The van der Waals surface area contributed by atoms with Crippen LogP contribution in [0.15, 0.2) is 42.5 Å². The number of esters is 1. The fraction of sp³-hybridized carbons (Fsp3) is 0.517. The molecule has 0 saturated carbocycles. The van der Waals surface area contributed by atoms with Crippen molar-refractivity contribution in [2.75, 3.05) is 76.0 Å². The highest BCUT2D eigenvalue weighted by Gasteiger charge is 2.26. The number of piperazine rings is 1. The molecule has 1 fully saturated rings. The van der Waals surface area contributed by atoms with E-state index in [1.807, 2.05) is 30.3 Å². The average molecular weight is 526 g/mol. The summed E-state index contributed by atoms with van der Waals surface area (Å²) < 4.78 is 22.1. The van der Waals surface area contributed by atoms with Crippen LogP contribution >= 0.6 is 0 Å². The van der Waals surface area contributed by atoms with E-state index in [1.54, 1.807) is 18.9 Å². The molecule has 0 atom stereocenters. The first-order valence-electron chi connectivity index (χ1n) is 13.5. The van der Waals surface area contributed by atoms with E-state index in [0.717, 1.165) is 57.0 Å². The highest BCUT2D eigenvalue weighted by atomic mass is 16.5. The van der Waals surface area contributed by atoms with Gasteiger partial charge in [0.15, 0.2) is 6.61 Å². The SMILES string of the molecule is CCOC(=O)CCCN1C(=O)COc2ccc(OCCCCN3CCN(c4ccccc4OC)CC3)cc21. The standard InChI is InChI=1S/C29H39N3O6/c1-3-36-29(34)11-8-15-32-25-21-23(12-13-27(25)38-22-28(32)33)37-20-7-6-14-30-16-18-31(19-17-30)24-9-4-5-10-26(24)35-2/h4-5,9-10,12-13,21H,3,6-8,11,14-20,22H2,1-2H3. The van der Waals surface area contributed by atoms with Crippen LogP contribution in [0, 0.1) is 0 Å². The van der Waals surface area contributed by atoms with Crippen molar-refractivity contribution >= 4 is 23.3 Å². The molecule has 0 aliphatic carbocycles. The number of anilines is 2. The maximum Gasteiger partial charge on any atom is 0.305 e. The van der Waals surface area contributed by atoms with E-state index >= 15 is 0 Å². The molecule has 4 rings (SSSR count). The Bertz CT molecular complexity index is 1070. The van der Waals surface area contributed by atoms with Gasteiger partial charge in [-0.15, -0.1) is 0 Å². The fourth-order valence-electron chi connectivity index (χ4n) is 4.86.